The maximum atomic E-state index is 6.11. The average molecular weight is 422 g/mol. The molecule has 0 amide bonds. The molecule has 3 rings (SSSR count). The lowest BCUT2D eigenvalue weighted by Crippen LogP contribution is -2.41. The van der Waals surface area contributed by atoms with Crippen molar-refractivity contribution in [3.05, 3.63) is 18.2 Å². The highest BCUT2D eigenvalue weighted by molar-refractivity contribution is 14.2. The van der Waals surface area contributed by atoms with Crippen molar-refractivity contribution < 1.29 is 9.31 Å². The van der Waals surface area contributed by atoms with E-state index in [1.165, 1.54) is 11.0 Å². The van der Waals surface area contributed by atoms with Gasteiger partial charge in [-0.3, -0.25) is 4.78 Å². The molecule has 2 aliphatic heterocycles. The monoisotopic (exact) mass is 422 g/mol. The van der Waals surface area contributed by atoms with Crippen LogP contribution in [-0.4, -0.2) is 18.3 Å². The highest BCUT2D eigenvalue weighted by Gasteiger charge is 2.51. The molecule has 1 N–H and O–H groups in total. The van der Waals surface area contributed by atoms with Gasteiger partial charge in [0.2, 0.25) is 0 Å². The standard InChI is InChI=1S/C12H18BIN2O2P2/c1-11(2)12(3,4)18-13(17-11)8-5-6-9-10(7-8)19-15-16(9)20-14/h5-7,15,19-20H,1-4H3. The normalized spacial score (nSPS) is 25.1. The minimum Gasteiger partial charge on any atom is -0.399 e. The molecule has 0 saturated carbocycles. The molecule has 108 valence electrons. The molecule has 2 heterocycles. The number of halogens is 1. The zero-order valence-corrected chi connectivity index (χ0v) is 16.1. The summed E-state index contributed by atoms with van der Waals surface area (Å²) in [7, 11) is 0.346. The summed E-state index contributed by atoms with van der Waals surface area (Å²) in [5.74, 6) is 0. The van der Waals surface area contributed by atoms with Crippen LogP contribution in [0.3, 0.4) is 0 Å². The summed E-state index contributed by atoms with van der Waals surface area (Å²) >= 11 is 2.39. The number of nitrogens with zero attached hydrogens (tertiary/aromatic N) is 1. The molecule has 2 aliphatic rings. The zero-order valence-electron chi connectivity index (χ0n) is 12.0. The van der Waals surface area contributed by atoms with Crippen molar-refractivity contribution in [3.8, 4) is 0 Å². The Morgan fingerprint density at radius 3 is 2.50 bits per heavy atom. The van der Waals surface area contributed by atoms with Gasteiger partial charge in [0.05, 0.1) is 23.3 Å². The van der Waals surface area contributed by atoms with Crippen LogP contribution >= 0.6 is 37.1 Å². The molecule has 0 aromatic heterocycles. The van der Waals surface area contributed by atoms with Gasteiger partial charge in [0, 0.05) is 14.0 Å². The van der Waals surface area contributed by atoms with Crippen molar-refractivity contribution in [2.45, 2.75) is 38.9 Å². The first-order valence-corrected chi connectivity index (χ1v) is 11.6. The van der Waals surface area contributed by atoms with Gasteiger partial charge in [-0.2, -0.15) is 0 Å². The van der Waals surface area contributed by atoms with Gasteiger partial charge >= 0.3 is 7.12 Å². The fraction of sp³-hybridized carbons (Fsp3) is 0.500. The summed E-state index contributed by atoms with van der Waals surface area (Å²) in [5.41, 5.74) is 1.81. The number of rotatable bonds is 2. The van der Waals surface area contributed by atoms with Crippen LogP contribution in [0.5, 0.6) is 0 Å². The van der Waals surface area contributed by atoms with E-state index in [0.29, 0.717) is 15.1 Å². The Morgan fingerprint density at radius 2 is 1.90 bits per heavy atom. The topological polar surface area (TPSA) is 33.7 Å². The Bertz CT molecular complexity index is 528. The summed E-state index contributed by atoms with van der Waals surface area (Å²) in [4.78, 5) is 0. The molecule has 2 unspecified atom stereocenters. The second kappa shape index (κ2) is 5.33. The van der Waals surface area contributed by atoms with E-state index in [9.17, 15) is 0 Å². The van der Waals surface area contributed by atoms with E-state index in [1.54, 1.807) is 0 Å². The Hall–Kier alpha value is 0.555. The van der Waals surface area contributed by atoms with E-state index in [4.69, 9.17) is 9.31 Å². The minimum atomic E-state index is -0.285. The molecule has 1 aromatic carbocycles. The van der Waals surface area contributed by atoms with Crippen LogP contribution in [0.2, 0.25) is 0 Å². The lowest BCUT2D eigenvalue weighted by Gasteiger charge is -2.32. The van der Waals surface area contributed by atoms with Crippen LogP contribution in [0.4, 0.5) is 5.69 Å². The lowest BCUT2D eigenvalue weighted by molar-refractivity contribution is 0.00578. The number of hydrogen-bond acceptors (Lipinski definition) is 4. The molecule has 8 heteroatoms. The summed E-state index contributed by atoms with van der Waals surface area (Å²) in [6.45, 7) is 8.34. The first kappa shape index (κ1) is 15.5. The molecular weight excluding hydrogens is 404 g/mol. The molecule has 0 bridgehead atoms. The van der Waals surface area contributed by atoms with Gasteiger partial charge in [-0.25, -0.2) is 5.20 Å². The van der Waals surface area contributed by atoms with Crippen LogP contribution in [0.15, 0.2) is 18.2 Å². The Balaban J connectivity index is 1.87. The maximum Gasteiger partial charge on any atom is 0.494 e. The van der Waals surface area contributed by atoms with E-state index in [-0.39, 0.29) is 18.3 Å². The smallest absolute Gasteiger partial charge is 0.399 e. The van der Waals surface area contributed by atoms with Crippen LogP contribution in [-0.2, 0) is 9.31 Å². The predicted molar refractivity (Wildman–Crippen MR) is 98.1 cm³/mol. The number of nitrogens with one attached hydrogen (secondary N) is 1. The van der Waals surface area contributed by atoms with Crippen LogP contribution in [0.1, 0.15) is 27.7 Å². The van der Waals surface area contributed by atoms with Gasteiger partial charge in [-0.15, -0.1) is 0 Å². The summed E-state index contributed by atoms with van der Waals surface area (Å²) in [6.07, 6.45) is 0.701. The van der Waals surface area contributed by atoms with Gasteiger partial charge in [0.15, 0.2) is 0 Å². The number of hydrogen-bond donors (Lipinski definition) is 1. The lowest BCUT2D eigenvalue weighted by atomic mass is 9.79. The van der Waals surface area contributed by atoms with E-state index in [1.807, 2.05) is 0 Å². The van der Waals surface area contributed by atoms with Crippen LogP contribution in [0, 0.1) is 0 Å². The van der Waals surface area contributed by atoms with Gasteiger partial charge in [-0.1, -0.05) is 12.1 Å². The summed E-state index contributed by atoms with van der Waals surface area (Å²) in [5, 5.41) is 4.74. The maximum absolute atomic E-state index is 6.11. The van der Waals surface area contributed by atoms with Crippen LogP contribution in [0.25, 0.3) is 0 Å². The highest BCUT2D eigenvalue weighted by Crippen LogP contribution is 2.39. The van der Waals surface area contributed by atoms with E-state index in [0.717, 1.165) is 5.46 Å². The predicted octanol–water partition coefficient (Wildman–Crippen LogP) is 2.47. The van der Waals surface area contributed by atoms with Gasteiger partial charge in [0.1, 0.15) is 0 Å². The summed E-state index contributed by atoms with van der Waals surface area (Å²) < 4.78 is 14.4. The molecule has 4 nitrogen and oxygen atoms in total. The third-order valence-electron chi connectivity index (χ3n) is 4.17. The van der Waals surface area contributed by atoms with E-state index < -0.39 is 0 Å². The molecule has 0 radical (unpaired) electrons. The third-order valence-corrected chi connectivity index (χ3v) is 7.37. The number of benzene rings is 1. The second-order valence-corrected chi connectivity index (χ2v) is 9.10. The fourth-order valence-electron chi connectivity index (χ4n) is 2.22. The Morgan fingerprint density at radius 1 is 1.25 bits per heavy atom. The van der Waals surface area contributed by atoms with Crippen molar-refractivity contribution in [2.75, 3.05) is 4.78 Å². The first-order chi connectivity index (χ1) is 9.34. The molecular formula is C12H18BIN2O2P2. The van der Waals surface area contributed by atoms with Crippen LogP contribution < -0.4 is 20.7 Å². The van der Waals surface area contributed by atoms with Gasteiger partial charge < -0.3 is 9.31 Å². The van der Waals surface area contributed by atoms with Crippen molar-refractivity contribution in [3.63, 3.8) is 0 Å². The van der Waals surface area contributed by atoms with Gasteiger partial charge in [-0.05, 0) is 61.3 Å². The molecule has 2 atom stereocenters. The van der Waals surface area contributed by atoms with Crippen molar-refractivity contribution in [1.29, 1.82) is 0 Å². The molecule has 1 saturated heterocycles. The molecule has 20 heavy (non-hydrogen) atoms. The average Bonchev–Trinajstić information content (AvgIpc) is 2.87. The first-order valence-electron chi connectivity index (χ1n) is 6.52. The minimum absolute atomic E-state index is 0.272. The van der Waals surface area contributed by atoms with Crippen molar-refractivity contribution in [1.82, 2.24) is 5.20 Å². The Kier molecular flexibility index (Phi) is 4.11. The molecule has 0 aliphatic carbocycles. The number of anilines is 1. The third kappa shape index (κ3) is 2.53. The second-order valence-electron chi connectivity index (χ2n) is 6.02. The van der Waals surface area contributed by atoms with E-state index in [2.05, 4.69) is 77.9 Å². The Labute approximate surface area is 137 Å². The fourth-order valence-corrected chi connectivity index (χ4v) is 5.73. The van der Waals surface area contributed by atoms with Crippen molar-refractivity contribution in [2.24, 2.45) is 0 Å². The summed E-state index contributed by atoms with van der Waals surface area (Å²) in [6, 6.07) is 6.48. The molecule has 0 spiro atoms. The number of hydrazine groups is 1. The number of fused-ring (bicyclic) bond motifs is 1. The van der Waals surface area contributed by atoms with Crippen molar-refractivity contribution >= 4 is 60.7 Å². The van der Waals surface area contributed by atoms with Gasteiger partial charge in [0.25, 0.3) is 0 Å². The zero-order chi connectivity index (χ0) is 14.5. The van der Waals surface area contributed by atoms with E-state index >= 15 is 0 Å². The molecule has 1 fully saturated rings. The quantitative estimate of drug-likeness (QED) is 0.452. The highest BCUT2D eigenvalue weighted by atomic mass is 127. The SMILES string of the molecule is CC1(C)OB(c2ccc3c(c2)PNN3PI)OC1(C)C. The molecule has 1 aromatic rings. The largest absolute Gasteiger partial charge is 0.494 e.